The van der Waals surface area contributed by atoms with Crippen molar-refractivity contribution in [3.05, 3.63) is 180 Å². The number of fused-ring (bicyclic) bond motifs is 8. The monoisotopic (exact) mass is 667 g/mol. The van der Waals surface area contributed by atoms with Crippen LogP contribution in [0.1, 0.15) is 22.9 Å². The largest absolute Gasteiger partial charge is 0.344 e. The van der Waals surface area contributed by atoms with Gasteiger partial charge in [-0.2, -0.15) is 0 Å². The van der Waals surface area contributed by atoms with Crippen LogP contribution in [-0.4, -0.2) is 11.7 Å². The van der Waals surface area contributed by atoms with Crippen molar-refractivity contribution in [2.75, 3.05) is 0 Å². The van der Waals surface area contributed by atoms with Gasteiger partial charge in [0.05, 0.1) is 0 Å². The molecular weight excluding hydrogens is 639 g/mol. The fourth-order valence-electron chi connectivity index (χ4n) is 8.11. The van der Waals surface area contributed by atoms with Crippen LogP contribution in [0, 0.1) is 0 Å². The minimum atomic E-state index is -0.255. The van der Waals surface area contributed by atoms with Crippen molar-refractivity contribution in [2.45, 2.75) is 6.17 Å². The maximum atomic E-state index is 5.22. The molecule has 0 saturated heterocycles. The van der Waals surface area contributed by atoms with Crippen molar-refractivity contribution in [3.63, 3.8) is 0 Å². The fourth-order valence-corrected chi connectivity index (χ4v) is 9.26. The average Bonchev–Trinajstić information content (AvgIpc) is 3.74. The van der Waals surface area contributed by atoms with Gasteiger partial charge in [0.25, 0.3) is 0 Å². The predicted molar refractivity (Wildman–Crippen MR) is 216 cm³/mol. The van der Waals surface area contributed by atoms with Crippen LogP contribution in [0.4, 0.5) is 0 Å². The van der Waals surface area contributed by atoms with Gasteiger partial charge in [0, 0.05) is 31.3 Å². The van der Waals surface area contributed by atoms with E-state index >= 15 is 0 Å². The number of aliphatic imine (C=N–C) groups is 2. The summed E-state index contributed by atoms with van der Waals surface area (Å²) in [5, 5.41) is 11.3. The lowest BCUT2D eigenvalue weighted by atomic mass is 9.93. The summed E-state index contributed by atoms with van der Waals surface area (Å²) >= 11 is 1.89. The summed E-state index contributed by atoms with van der Waals surface area (Å²) in [7, 11) is 0. The van der Waals surface area contributed by atoms with E-state index in [9.17, 15) is 0 Å². The molecule has 0 spiro atoms. The minimum absolute atomic E-state index is 0.255. The summed E-state index contributed by atoms with van der Waals surface area (Å²) in [6, 6.07) is 59.0. The van der Waals surface area contributed by atoms with Crippen LogP contribution in [0.5, 0.6) is 0 Å². The number of amidine groups is 2. The van der Waals surface area contributed by atoms with Crippen LogP contribution >= 0.6 is 11.3 Å². The molecule has 8 aromatic carbocycles. The van der Waals surface area contributed by atoms with Crippen LogP contribution in [0.3, 0.4) is 0 Å². The van der Waals surface area contributed by atoms with Gasteiger partial charge in [0.2, 0.25) is 0 Å². The van der Waals surface area contributed by atoms with E-state index in [0.29, 0.717) is 0 Å². The maximum Gasteiger partial charge on any atom is 0.159 e. The molecule has 51 heavy (non-hydrogen) atoms. The smallest absolute Gasteiger partial charge is 0.159 e. The standard InChI is InChI=1S/C47H29N3S/c1-3-12-28(13-4-1)45-48-46(29-14-5-2-6-15-29)50-47(49-45)32-24-30-16-7-8-17-33(30)38(26-32)31-22-23-41-40(25-31)44-37-21-11-20-36-34-18-9-10-19-35(34)39(43(36)37)27-42(44)51-41/h1-27,45H,(H,48,49,50). The Balaban J connectivity index is 1.12. The van der Waals surface area contributed by atoms with Crippen LogP contribution in [0.2, 0.25) is 0 Å². The zero-order valence-corrected chi connectivity index (χ0v) is 28.3. The highest BCUT2D eigenvalue weighted by molar-refractivity contribution is 7.26. The number of nitrogens with one attached hydrogen (secondary N) is 1. The van der Waals surface area contributed by atoms with E-state index in [-0.39, 0.29) is 6.17 Å². The predicted octanol–water partition coefficient (Wildman–Crippen LogP) is 12.2. The van der Waals surface area contributed by atoms with Crippen molar-refractivity contribution in [1.29, 1.82) is 0 Å². The van der Waals surface area contributed by atoms with Gasteiger partial charge in [-0.25, -0.2) is 9.98 Å². The Labute approximate surface area is 298 Å². The maximum absolute atomic E-state index is 5.22. The highest BCUT2D eigenvalue weighted by atomic mass is 32.1. The molecule has 0 saturated carbocycles. The molecule has 2 aliphatic rings. The summed E-state index contributed by atoms with van der Waals surface area (Å²) < 4.78 is 2.63. The Kier molecular flexibility index (Phi) is 6.18. The van der Waals surface area contributed by atoms with E-state index in [1.54, 1.807) is 0 Å². The van der Waals surface area contributed by atoms with Crippen LogP contribution in [0.25, 0.3) is 75.1 Å². The summed E-state index contributed by atoms with van der Waals surface area (Å²) in [6.07, 6.45) is -0.255. The first-order valence-electron chi connectivity index (χ1n) is 17.4. The van der Waals surface area contributed by atoms with Gasteiger partial charge in [0.1, 0.15) is 12.0 Å². The van der Waals surface area contributed by atoms with Gasteiger partial charge in [-0.05, 0) is 90.8 Å². The summed E-state index contributed by atoms with van der Waals surface area (Å²) in [6.45, 7) is 0. The first-order chi connectivity index (χ1) is 25.3. The molecule has 3 nitrogen and oxygen atoms in total. The number of hydrogen-bond acceptors (Lipinski definition) is 4. The first kappa shape index (κ1) is 28.5. The Morgan fingerprint density at radius 1 is 0.451 bits per heavy atom. The molecule has 0 amide bonds. The van der Waals surface area contributed by atoms with Gasteiger partial charge in [-0.3, -0.25) is 0 Å². The number of nitrogens with zero attached hydrogens (tertiary/aromatic N) is 2. The van der Waals surface area contributed by atoms with Crippen LogP contribution < -0.4 is 5.32 Å². The van der Waals surface area contributed by atoms with E-state index < -0.39 is 0 Å². The van der Waals surface area contributed by atoms with Crippen molar-refractivity contribution >= 4 is 64.7 Å². The molecule has 9 aromatic rings. The first-order valence-corrected chi connectivity index (χ1v) is 18.2. The Morgan fingerprint density at radius 3 is 2.04 bits per heavy atom. The lowest BCUT2D eigenvalue weighted by molar-refractivity contribution is 0.674. The zero-order chi connectivity index (χ0) is 33.5. The van der Waals surface area contributed by atoms with Crippen LogP contribution in [-0.2, 0) is 0 Å². The molecule has 1 aliphatic carbocycles. The summed E-state index contributed by atoms with van der Waals surface area (Å²) in [4.78, 5) is 10.4. The number of thiophene rings is 1. The third-order valence-electron chi connectivity index (χ3n) is 10.4. The quantitative estimate of drug-likeness (QED) is 0.199. The molecule has 1 aromatic heterocycles. The highest BCUT2D eigenvalue weighted by Crippen LogP contribution is 2.52. The molecule has 1 N–H and O–H groups in total. The molecule has 11 rings (SSSR count). The summed E-state index contributed by atoms with van der Waals surface area (Å²) in [5.74, 6) is 1.54. The molecule has 1 atom stereocenters. The van der Waals surface area contributed by atoms with E-state index in [1.165, 1.54) is 69.7 Å². The van der Waals surface area contributed by atoms with Crippen molar-refractivity contribution in [2.24, 2.45) is 9.98 Å². The third kappa shape index (κ3) is 4.43. The van der Waals surface area contributed by atoms with Gasteiger partial charge >= 0.3 is 0 Å². The van der Waals surface area contributed by atoms with Gasteiger partial charge in [0.15, 0.2) is 5.84 Å². The van der Waals surface area contributed by atoms with E-state index in [1.807, 2.05) is 23.5 Å². The lowest BCUT2D eigenvalue weighted by Crippen LogP contribution is -2.33. The van der Waals surface area contributed by atoms with Crippen molar-refractivity contribution < 1.29 is 0 Å². The van der Waals surface area contributed by atoms with Crippen LogP contribution in [0.15, 0.2) is 174 Å². The Morgan fingerprint density at radius 2 is 1.18 bits per heavy atom. The Bertz CT molecular complexity index is 2940. The van der Waals surface area contributed by atoms with E-state index in [0.717, 1.165) is 33.7 Å². The zero-order valence-electron chi connectivity index (χ0n) is 27.5. The van der Waals surface area contributed by atoms with Gasteiger partial charge in [-0.15, -0.1) is 11.3 Å². The molecule has 4 heteroatoms. The molecule has 0 radical (unpaired) electrons. The number of hydrogen-bond donors (Lipinski definition) is 1. The normalized spacial score (nSPS) is 14.9. The third-order valence-corrected chi connectivity index (χ3v) is 11.6. The second kappa shape index (κ2) is 11.1. The van der Waals surface area contributed by atoms with Crippen molar-refractivity contribution in [1.82, 2.24) is 5.32 Å². The minimum Gasteiger partial charge on any atom is -0.344 e. The molecule has 238 valence electrons. The topological polar surface area (TPSA) is 36.8 Å². The van der Waals surface area contributed by atoms with E-state index in [2.05, 4.69) is 157 Å². The molecule has 2 heterocycles. The second-order valence-electron chi connectivity index (χ2n) is 13.4. The lowest BCUT2D eigenvalue weighted by Gasteiger charge is -2.24. The second-order valence-corrected chi connectivity index (χ2v) is 14.4. The molecule has 0 fully saturated rings. The molecule has 1 aliphatic heterocycles. The molecule has 0 bridgehead atoms. The van der Waals surface area contributed by atoms with Gasteiger partial charge in [-0.1, -0.05) is 133 Å². The summed E-state index contributed by atoms with van der Waals surface area (Å²) in [5.41, 5.74) is 10.8. The number of rotatable bonds is 4. The molecule has 1 unspecified atom stereocenters. The average molecular weight is 668 g/mol. The SMILES string of the molecule is c1ccc(C2=NC(c3cc(-c4ccc5sc6cc7c8c(cccc8c6c5c4)-c4ccccc4-7)c4ccccc4c3)=NC(c3ccccc3)N2)cc1. The van der Waals surface area contributed by atoms with Gasteiger partial charge < -0.3 is 5.32 Å². The molecular formula is C47H29N3S. The fraction of sp³-hybridized carbons (Fsp3) is 0.0213. The van der Waals surface area contributed by atoms with E-state index in [4.69, 9.17) is 9.98 Å². The number of benzene rings is 8. The Hall–Kier alpha value is -6.36. The highest BCUT2D eigenvalue weighted by Gasteiger charge is 2.25. The van der Waals surface area contributed by atoms with Crippen molar-refractivity contribution in [3.8, 4) is 33.4 Å².